The Morgan fingerprint density at radius 2 is 2.00 bits per heavy atom. The molecule has 0 atom stereocenters. The molecule has 1 aromatic carbocycles. The Morgan fingerprint density at radius 1 is 1.21 bits per heavy atom. The van der Waals surface area contributed by atoms with Crippen molar-refractivity contribution in [1.82, 2.24) is 14.6 Å². The number of fused-ring (bicyclic) bond motifs is 1. The normalized spacial score (nSPS) is 10.9. The Labute approximate surface area is 164 Å². The first-order valence-corrected chi connectivity index (χ1v) is 9.47. The number of carbonyl (C=O) groups is 1. The maximum atomic E-state index is 12.0. The number of hydrogen-bond donors (Lipinski definition) is 1. The average molecular weight is 395 g/mol. The summed E-state index contributed by atoms with van der Waals surface area (Å²) in [5.41, 5.74) is 3.10. The van der Waals surface area contributed by atoms with Crippen LogP contribution in [0.5, 0.6) is 11.6 Å². The van der Waals surface area contributed by atoms with E-state index in [1.54, 1.807) is 20.2 Å². The summed E-state index contributed by atoms with van der Waals surface area (Å²) in [5, 5.41) is 16.7. The van der Waals surface area contributed by atoms with Crippen molar-refractivity contribution in [1.29, 1.82) is 0 Å². The van der Waals surface area contributed by atoms with E-state index in [1.165, 1.54) is 22.0 Å². The third-order valence-corrected chi connectivity index (χ3v) is 5.27. The molecule has 0 amide bonds. The van der Waals surface area contributed by atoms with E-state index in [1.807, 2.05) is 35.7 Å². The molecule has 0 spiro atoms. The molecule has 3 aromatic heterocycles. The van der Waals surface area contributed by atoms with Crippen LogP contribution in [0.4, 0.5) is 0 Å². The fraction of sp³-hybridized carbons (Fsp3) is 0.150. The summed E-state index contributed by atoms with van der Waals surface area (Å²) in [6.45, 7) is 1.90. The van der Waals surface area contributed by atoms with Gasteiger partial charge in [0.15, 0.2) is 5.65 Å². The number of methoxy groups -OCH3 is 1. The Bertz CT molecular complexity index is 1150. The summed E-state index contributed by atoms with van der Waals surface area (Å²) >= 11 is 1.50. The number of ether oxygens (including phenoxy) is 2. The van der Waals surface area contributed by atoms with Crippen LogP contribution in [0.1, 0.15) is 17.3 Å². The minimum absolute atomic E-state index is 0.0351. The van der Waals surface area contributed by atoms with E-state index >= 15 is 0 Å². The van der Waals surface area contributed by atoms with Crippen molar-refractivity contribution in [3.8, 4) is 33.2 Å². The number of hydrogen-bond acceptors (Lipinski definition) is 7. The smallest absolute Gasteiger partial charge is 0.345 e. The third kappa shape index (κ3) is 2.87. The first kappa shape index (κ1) is 18.0. The molecule has 0 fully saturated rings. The van der Waals surface area contributed by atoms with Gasteiger partial charge in [-0.3, -0.25) is 0 Å². The van der Waals surface area contributed by atoms with Gasteiger partial charge in [-0.05, 0) is 12.5 Å². The van der Waals surface area contributed by atoms with Crippen molar-refractivity contribution in [2.45, 2.75) is 6.92 Å². The van der Waals surface area contributed by atoms with Crippen LogP contribution in [0.15, 0.2) is 48.1 Å². The number of nitrogens with zero attached hydrogens (tertiary/aromatic N) is 3. The highest BCUT2D eigenvalue weighted by Crippen LogP contribution is 2.45. The van der Waals surface area contributed by atoms with Gasteiger partial charge in [-0.2, -0.15) is 9.61 Å². The van der Waals surface area contributed by atoms with Crippen LogP contribution in [-0.4, -0.2) is 39.4 Å². The summed E-state index contributed by atoms with van der Waals surface area (Å²) in [5.74, 6) is -0.248. The Balaban J connectivity index is 1.84. The predicted octanol–water partition coefficient (Wildman–Crippen LogP) is 4.02. The minimum atomic E-state index is -0.647. The van der Waals surface area contributed by atoms with Gasteiger partial charge < -0.3 is 14.6 Å². The topological polar surface area (TPSA) is 86.0 Å². The van der Waals surface area contributed by atoms with Crippen LogP contribution in [0, 0.1) is 0 Å². The molecule has 142 valence electrons. The van der Waals surface area contributed by atoms with Crippen LogP contribution in [-0.2, 0) is 4.74 Å². The number of aromatic nitrogens is 3. The van der Waals surface area contributed by atoms with Crippen molar-refractivity contribution < 1.29 is 19.4 Å². The fourth-order valence-electron chi connectivity index (χ4n) is 2.98. The second-order valence-corrected chi connectivity index (χ2v) is 6.77. The van der Waals surface area contributed by atoms with Crippen molar-refractivity contribution in [2.75, 3.05) is 13.7 Å². The first-order valence-electron chi connectivity index (χ1n) is 8.59. The zero-order chi connectivity index (χ0) is 19.7. The van der Waals surface area contributed by atoms with Gasteiger partial charge in [-0.1, -0.05) is 30.3 Å². The molecule has 0 aliphatic carbocycles. The number of thiophene rings is 1. The van der Waals surface area contributed by atoms with Gasteiger partial charge in [0.1, 0.15) is 11.3 Å². The molecule has 0 bridgehead atoms. The molecular weight excluding hydrogens is 378 g/mol. The summed E-state index contributed by atoms with van der Waals surface area (Å²) in [4.78, 5) is 17.1. The van der Waals surface area contributed by atoms with Crippen LogP contribution < -0.4 is 4.74 Å². The van der Waals surface area contributed by atoms with Crippen molar-refractivity contribution in [3.63, 3.8) is 0 Å². The summed E-state index contributed by atoms with van der Waals surface area (Å²) < 4.78 is 11.8. The van der Waals surface area contributed by atoms with Crippen molar-refractivity contribution >= 4 is 23.0 Å². The second-order valence-electron chi connectivity index (χ2n) is 5.89. The highest BCUT2D eigenvalue weighted by molar-refractivity contribution is 7.14. The van der Waals surface area contributed by atoms with Crippen molar-refractivity contribution in [2.24, 2.45) is 0 Å². The van der Waals surface area contributed by atoms with Gasteiger partial charge in [-0.15, -0.1) is 11.3 Å². The Morgan fingerprint density at radius 3 is 2.71 bits per heavy atom. The van der Waals surface area contributed by atoms with E-state index in [-0.39, 0.29) is 18.1 Å². The quantitative estimate of drug-likeness (QED) is 0.514. The molecule has 0 saturated heterocycles. The molecule has 28 heavy (non-hydrogen) atoms. The predicted molar refractivity (Wildman–Crippen MR) is 106 cm³/mol. The molecule has 0 aliphatic rings. The molecule has 0 aliphatic heterocycles. The molecule has 0 saturated carbocycles. The lowest BCUT2D eigenvalue weighted by atomic mass is 10.1. The van der Waals surface area contributed by atoms with E-state index < -0.39 is 5.97 Å². The molecular formula is C20H17N3O4S. The SMILES string of the molecule is CCOC(=O)c1cnc2c(-c3scc(-c4ccccc4)c3OC)cnn2c1O. The van der Waals surface area contributed by atoms with Gasteiger partial charge in [0.05, 0.1) is 30.4 Å². The number of benzene rings is 1. The molecule has 4 aromatic rings. The number of esters is 1. The standard InChI is InChI=1S/C20H17N3O4S/c1-3-27-20(25)14-9-21-18-13(10-22-23(18)19(14)24)17-16(26-2)15(11-28-17)12-7-5-4-6-8-12/h4-11,24H,3H2,1-2H3. The van der Waals surface area contributed by atoms with E-state index in [9.17, 15) is 9.90 Å². The summed E-state index contributed by atoms with van der Waals surface area (Å²) in [6.07, 6.45) is 2.89. The van der Waals surface area contributed by atoms with Crippen LogP contribution in [0.2, 0.25) is 0 Å². The lowest BCUT2D eigenvalue weighted by Crippen LogP contribution is -2.08. The second kappa shape index (κ2) is 7.32. The van der Waals surface area contributed by atoms with Crippen LogP contribution in [0.3, 0.4) is 0 Å². The van der Waals surface area contributed by atoms with Crippen molar-refractivity contribution in [3.05, 3.63) is 53.7 Å². The van der Waals surface area contributed by atoms with Crippen LogP contribution >= 0.6 is 11.3 Å². The summed E-state index contributed by atoms with van der Waals surface area (Å²) in [6, 6.07) is 9.93. The van der Waals surface area contributed by atoms with Crippen LogP contribution in [0.25, 0.3) is 27.2 Å². The lowest BCUT2D eigenvalue weighted by Gasteiger charge is -2.07. The fourth-order valence-corrected chi connectivity index (χ4v) is 4.03. The number of rotatable bonds is 5. The van der Waals surface area contributed by atoms with E-state index in [2.05, 4.69) is 10.1 Å². The van der Waals surface area contributed by atoms with Gasteiger partial charge >= 0.3 is 5.97 Å². The maximum absolute atomic E-state index is 12.0. The maximum Gasteiger partial charge on any atom is 0.345 e. The summed E-state index contributed by atoms with van der Waals surface area (Å²) in [7, 11) is 1.62. The highest BCUT2D eigenvalue weighted by Gasteiger charge is 2.23. The number of aromatic hydroxyl groups is 1. The van der Waals surface area contributed by atoms with E-state index in [0.29, 0.717) is 17.0 Å². The van der Waals surface area contributed by atoms with E-state index in [0.717, 1.165) is 16.0 Å². The molecule has 8 heteroatoms. The van der Waals surface area contributed by atoms with E-state index in [4.69, 9.17) is 9.47 Å². The minimum Gasteiger partial charge on any atom is -0.495 e. The third-order valence-electron chi connectivity index (χ3n) is 4.28. The largest absolute Gasteiger partial charge is 0.495 e. The first-order chi connectivity index (χ1) is 13.7. The Hall–Kier alpha value is -3.39. The monoisotopic (exact) mass is 395 g/mol. The molecule has 1 N–H and O–H groups in total. The van der Waals surface area contributed by atoms with Gasteiger partial charge in [0.25, 0.3) is 0 Å². The molecule has 3 heterocycles. The Kier molecular flexibility index (Phi) is 4.70. The zero-order valence-electron chi connectivity index (χ0n) is 15.2. The van der Waals surface area contributed by atoms with Gasteiger partial charge in [0.2, 0.25) is 5.88 Å². The highest BCUT2D eigenvalue weighted by atomic mass is 32.1. The lowest BCUT2D eigenvalue weighted by molar-refractivity contribution is 0.0521. The zero-order valence-corrected chi connectivity index (χ0v) is 16.1. The van der Waals surface area contributed by atoms with Gasteiger partial charge in [-0.25, -0.2) is 9.78 Å². The van der Waals surface area contributed by atoms with Gasteiger partial charge in [0, 0.05) is 17.1 Å². The molecule has 7 nitrogen and oxygen atoms in total. The molecule has 0 radical (unpaired) electrons. The molecule has 4 rings (SSSR count). The average Bonchev–Trinajstić information content (AvgIpc) is 3.33. The molecule has 0 unspecified atom stereocenters. The number of carbonyl (C=O) groups excluding carboxylic acids is 1.